The van der Waals surface area contributed by atoms with Crippen LogP contribution in [0.2, 0.25) is 0 Å². The number of nitrogens with zero attached hydrogens (tertiary/aromatic N) is 4. The van der Waals surface area contributed by atoms with Gasteiger partial charge in [0.2, 0.25) is 0 Å². The molecule has 3 saturated carbocycles. The minimum Gasteiger partial charge on any atom is -0.497 e. The van der Waals surface area contributed by atoms with E-state index in [9.17, 15) is 9.18 Å². The number of anilines is 1. The highest BCUT2D eigenvalue weighted by molar-refractivity contribution is 5.96. The molecule has 1 unspecified atom stereocenters. The maximum atomic E-state index is 15.0. The van der Waals surface area contributed by atoms with E-state index in [-0.39, 0.29) is 30.4 Å². The Labute approximate surface area is 310 Å². The topological polar surface area (TPSA) is 93.0 Å². The number of benzene rings is 3. The summed E-state index contributed by atoms with van der Waals surface area (Å²) in [7, 11) is 2.99. The van der Waals surface area contributed by atoms with Gasteiger partial charge in [-0.25, -0.2) is 18.8 Å². The number of nitrogens with one attached hydrogen (secondary N) is 2. The van der Waals surface area contributed by atoms with Gasteiger partial charge < -0.3 is 25.0 Å². The third-order valence-corrected chi connectivity index (χ3v) is 12.3. The number of hydrogen-bond acceptors (Lipinski definition) is 6. The second kappa shape index (κ2) is 15.1. The zero-order chi connectivity index (χ0) is 37.4. The molecule has 1 aliphatic heterocycles. The summed E-state index contributed by atoms with van der Waals surface area (Å²) in [5.74, 6) is 3.31. The normalized spacial score (nSPS) is 23.8. The molecule has 2 bridgehead atoms. The number of aliphatic imine (C=N–C) groups is 1. The average molecular weight is 727 g/mol. The first kappa shape index (κ1) is 36.8. The Hall–Kier alpha value is -4.51. The predicted molar refractivity (Wildman–Crippen MR) is 206 cm³/mol. The van der Waals surface area contributed by atoms with E-state index in [0.29, 0.717) is 81.4 Å². The number of methoxy groups -OCH3 is 2. The Balaban J connectivity index is 1.21. The van der Waals surface area contributed by atoms with Crippen molar-refractivity contribution >= 4 is 22.5 Å². The van der Waals surface area contributed by atoms with Gasteiger partial charge in [-0.1, -0.05) is 32.9 Å². The van der Waals surface area contributed by atoms with Crippen LogP contribution in [0.25, 0.3) is 10.9 Å². The van der Waals surface area contributed by atoms with Gasteiger partial charge in [0, 0.05) is 56.5 Å². The van der Waals surface area contributed by atoms with Gasteiger partial charge in [0.05, 0.1) is 31.2 Å². The average Bonchev–Trinajstić information content (AvgIpc) is 3.14. The summed E-state index contributed by atoms with van der Waals surface area (Å²) in [4.78, 5) is 27.0. The number of halogens is 2. The van der Waals surface area contributed by atoms with Crippen molar-refractivity contribution in [3.05, 3.63) is 93.5 Å². The molecule has 0 spiro atoms. The number of hydrogen-bond donors (Lipinski definition) is 2. The molecule has 53 heavy (non-hydrogen) atoms. The smallest absolute Gasteiger partial charge is 0.261 e. The highest BCUT2D eigenvalue weighted by Crippen LogP contribution is 2.61. The Kier molecular flexibility index (Phi) is 10.5. The van der Waals surface area contributed by atoms with E-state index >= 15 is 4.39 Å². The Bertz CT molecular complexity index is 2060. The lowest BCUT2D eigenvalue weighted by molar-refractivity contribution is -0.108. The number of aromatic nitrogens is 2. The van der Waals surface area contributed by atoms with E-state index in [1.165, 1.54) is 32.8 Å². The van der Waals surface area contributed by atoms with Crippen LogP contribution in [0.1, 0.15) is 57.5 Å². The number of guanidine groups is 1. The standard InChI is InChI=1S/C42H52F2N6O3/c1-25-24-49(18-16-45-25)41(48-37-20-29-19-34(26(37)2)42(29,3)4)46-30-10-13-33-38(21-30)47-39(14-9-27-7-11-31(52-5)22-35(27)43)50(40(33)51)17-15-28-8-12-32(53-6)23-36(28)44/h7-8,10-13,21-23,25-26,29,34,37,45H,9,14-20,24H2,1-6H3,(H,46,48)/t25-,26-,29-,34+,37?/m0/s1. The first-order chi connectivity index (χ1) is 25.4. The van der Waals surface area contributed by atoms with Gasteiger partial charge in [-0.05, 0) is 97.2 Å². The molecular weight excluding hydrogens is 674 g/mol. The van der Waals surface area contributed by atoms with Gasteiger partial charge in [0.15, 0.2) is 5.96 Å². The van der Waals surface area contributed by atoms with Crippen molar-refractivity contribution in [3.63, 3.8) is 0 Å². The maximum Gasteiger partial charge on any atom is 0.261 e. The first-order valence-electron chi connectivity index (χ1n) is 19.0. The maximum absolute atomic E-state index is 15.0. The largest absolute Gasteiger partial charge is 0.497 e. The van der Waals surface area contributed by atoms with E-state index in [2.05, 4.69) is 43.2 Å². The molecule has 1 aromatic heterocycles. The molecule has 0 radical (unpaired) electrons. The van der Waals surface area contributed by atoms with Crippen molar-refractivity contribution in [2.24, 2.45) is 28.2 Å². The van der Waals surface area contributed by atoms with Crippen LogP contribution in [0.15, 0.2) is 64.4 Å². The number of fused-ring (bicyclic) bond motifs is 3. The van der Waals surface area contributed by atoms with Crippen LogP contribution in [0, 0.1) is 34.8 Å². The molecule has 5 atom stereocenters. The minimum absolute atomic E-state index is 0.210. The Morgan fingerprint density at radius 3 is 2.28 bits per heavy atom. The van der Waals surface area contributed by atoms with E-state index < -0.39 is 5.82 Å². The van der Waals surface area contributed by atoms with Gasteiger partial charge >= 0.3 is 0 Å². The molecule has 4 aliphatic rings. The minimum atomic E-state index is -0.400. The lowest BCUT2D eigenvalue weighted by Crippen LogP contribution is -2.57. The summed E-state index contributed by atoms with van der Waals surface area (Å²) < 4.78 is 41.9. The molecule has 3 aromatic carbocycles. The summed E-state index contributed by atoms with van der Waals surface area (Å²) in [5, 5.41) is 7.66. The summed E-state index contributed by atoms with van der Waals surface area (Å²) in [6.07, 6.45) is 3.28. The van der Waals surface area contributed by atoms with Gasteiger partial charge in [0.1, 0.15) is 29.0 Å². The molecule has 4 aromatic rings. The molecule has 8 rings (SSSR count). The van der Waals surface area contributed by atoms with Gasteiger partial charge in [0.25, 0.3) is 5.56 Å². The lowest BCUT2D eigenvalue weighted by Gasteiger charge is -2.61. The van der Waals surface area contributed by atoms with Crippen LogP contribution >= 0.6 is 0 Å². The molecule has 4 fully saturated rings. The van der Waals surface area contributed by atoms with Crippen LogP contribution in [0.3, 0.4) is 0 Å². The second-order valence-electron chi connectivity index (χ2n) is 15.8. The highest BCUT2D eigenvalue weighted by Gasteiger charge is 2.56. The van der Waals surface area contributed by atoms with Crippen molar-refractivity contribution in [1.29, 1.82) is 0 Å². The van der Waals surface area contributed by atoms with Crippen LogP contribution in [-0.4, -0.2) is 66.3 Å². The SMILES string of the molecule is COc1ccc(CCc2nc3cc(NC(=NC4C[C@@H]5C[C@H]([C@@H]4C)C5(C)C)N4CCN[C@@H](C)C4)ccc3c(=O)n2CCc2ccc(OC)cc2F)c(F)c1. The quantitative estimate of drug-likeness (QED) is 0.136. The summed E-state index contributed by atoms with van der Waals surface area (Å²) >= 11 is 0. The predicted octanol–water partition coefficient (Wildman–Crippen LogP) is 6.85. The zero-order valence-electron chi connectivity index (χ0n) is 31.7. The molecule has 0 amide bonds. The Morgan fingerprint density at radius 1 is 0.962 bits per heavy atom. The summed E-state index contributed by atoms with van der Waals surface area (Å²) in [6, 6.07) is 15.7. The van der Waals surface area contributed by atoms with Gasteiger partial charge in [-0.15, -0.1) is 0 Å². The number of aryl methyl sites for hydroxylation is 3. The number of piperazine rings is 1. The number of rotatable bonds is 10. The molecule has 282 valence electrons. The highest BCUT2D eigenvalue weighted by atomic mass is 19.1. The van der Waals surface area contributed by atoms with E-state index in [1.54, 1.807) is 28.8 Å². The number of ether oxygens (including phenoxy) is 2. The van der Waals surface area contributed by atoms with Crippen LogP contribution in [0.5, 0.6) is 11.5 Å². The fourth-order valence-corrected chi connectivity index (χ4v) is 8.86. The summed E-state index contributed by atoms with van der Waals surface area (Å²) in [6.45, 7) is 12.1. The van der Waals surface area contributed by atoms with Crippen molar-refractivity contribution in [2.45, 2.75) is 78.4 Å². The molecule has 9 nitrogen and oxygen atoms in total. The molecular formula is C42H52F2N6O3. The molecule has 2 heterocycles. The van der Waals surface area contributed by atoms with E-state index in [4.69, 9.17) is 19.5 Å². The van der Waals surface area contributed by atoms with Crippen molar-refractivity contribution in [3.8, 4) is 11.5 Å². The van der Waals surface area contributed by atoms with E-state index in [0.717, 1.165) is 37.7 Å². The molecule has 3 aliphatic carbocycles. The lowest BCUT2D eigenvalue weighted by atomic mass is 9.45. The van der Waals surface area contributed by atoms with Crippen molar-refractivity contribution in [2.75, 3.05) is 39.2 Å². The van der Waals surface area contributed by atoms with Gasteiger partial charge in [-0.2, -0.15) is 0 Å². The fourth-order valence-electron chi connectivity index (χ4n) is 8.86. The van der Waals surface area contributed by atoms with Crippen LogP contribution in [-0.2, 0) is 25.8 Å². The van der Waals surface area contributed by atoms with Crippen LogP contribution < -0.4 is 25.7 Å². The van der Waals surface area contributed by atoms with Gasteiger partial charge in [-0.3, -0.25) is 9.36 Å². The molecule has 11 heteroatoms. The zero-order valence-corrected chi connectivity index (χ0v) is 31.7. The van der Waals surface area contributed by atoms with Crippen LogP contribution in [0.4, 0.5) is 14.5 Å². The third kappa shape index (κ3) is 7.50. The first-order valence-corrected chi connectivity index (χ1v) is 19.0. The fraction of sp³-hybridized carbons (Fsp3) is 0.500. The van der Waals surface area contributed by atoms with Crippen molar-refractivity contribution in [1.82, 2.24) is 19.8 Å². The molecule has 2 N–H and O–H groups in total. The third-order valence-electron chi connectivity index (χ3n) is 12.3. The van der Waals surface area contributed by atoms with Crippen molar-refractivity contribution < 1.29 is 18.3 Å². The Morgan fingerprint density at radius 2 is 1.66 bits per heavy atom. The van der Waals surface area contributed by atoms with E-state index in [1.807, 2.05) is 18.2 Å². The second-order valence-corrected chi connectivity index (χ2v) is 15.8. The monoisotopic (exact) mass is 726 g/mol. The molecule has 1 saturated heterocycles. The summed E-state index contributed by atoms with van der Waals surface area (Å²) in [5.41, 5.74) is 2.45.